The highest BCUT2D eigenvalue weighted by molar-refractivity contribution is 6.40. The van der Waals surface area contributed by atoms with Gasteiger partial charge in [0.05, 0.1) is 15.6 Å². The molecule has 0 bridgehead atoms. The third kappa shape index (κ3) is 2.46. The first-order valence-corrected chi connectivity index (χ1v) is 8.50. The molecule has 0 spiro atoms. The SMILES string of the molecule is Cc1[nH]c2c(Cl)ccc(Cl)c2c1CCN1C(=O)OC(C)(C)[C@]1(C)O. The molecular formula is C17H20Cl2N2O3. The Balaban J connectivity index is 1.94. The van der Waals surface area contributed by atoms with E-state index in [1.54, 1.807) is 32.9 Å². The molecule has 130 valence electrons. The van der Waals surface area contributed by atoms with Crippen molar-refractivity contribution < 1.29 is 14.6 Å². The molecule has 1 fully saturated rings. The molecule has 0 radical (unpaired) electrons. The van der Waals surface area contributed by atoms with Crippen molar-refractivity contribution in [3.05, 3.63) is 33.4 Å². The van der Waals surface area contributed by atoms with Crippen LogP contribution in [-0.2, 0) is 11.2 Å². The fourth-order valence-electron chi connectivity index (χ4n) is 3.14. The number of aromatic nitrogens is 1. The van der Waals surface area contributed by atoms with Gasteiger partial charge in [-0.15, -0.1) is 0 Å². The molecule has 1 amide bonds. The molecule has 0 unspecified atom stereocenters. The lowest BCUT2D eigenvalue weighted by Crippen LogP contribution is -2.54. The van der Waals surface area contributed by atoms with Gasteiger partial charge in [-0.25, -0.2) is 4.79 Å². The predicted octanol–water partition coefficient (Wildman–Crippen LogP) is 4.26. The predicted molar refractivity (Wildman–Crippen MR) is 94.6 cm³/mol. The van der Waals surface area contributed by atoms with E-state index in [-0.39, 0.29) is 0 Å². The van der Waals surface area contributed by atoms with Gasteiger partial charge in [0, 0.05) is 17.6 Å². The van der Waals surface area contributed by atoms with Crippen molar-refractivity contribution in [2.24, 2.45) is 0 Å². The number of aliphatic hydroxyl groups is 1. The molecule has 3 rings (SSSR count). The second-order valence-electron chi connectivity index (χ2n) is 6.81. The Bertz CT molecular complexity index is 827. The summed E-state index contributed by atoms with van der Waals surface area (Å²) in [4.78, 5) is 16.7. The number of H-pyrrole nitrogens is 1. The summed E-state index contributed by atoms with van der Waals surface area (Å²) in [6, 6.07) is 3.50. The normalized spacial score (nSPS) is 23.1. The Morgan fingerprint density at radius 1 is 1.25 bits per heavy atom. The second-order valence-corrected chi connectivity index (χ2v) is 7.62. The van der Waals surface area contributed by atoms with Gasteiger partial charge in [-0.3, -0.25) is 4.90 Å². The third-order valence-electron chi connectivity index (χ3n) is 4.98. The maximum Gasteiger partial charge on any atom is 0.412 e. The number of hydrogen-bond donors (Lipinski definition) is 2. The number of amides is 1. The quantitative estimate of drug-likeness (QED) is 0.847. The standard InChI is InChI=1S/C17H20Cl2N2O3/c1-9-10(13-11(18)5-6-12(19)14(13)20-9)7-8-21-15(22)24-16(2,3)17(21,4)23/h5-6,20,23H,7-8H2,1-4H3/t17-/m0/s1. The van der Waals surface area contributed by atoms with Crippen molar-refractivity contribution in [2.45, 2.75) is 45.4 Å². The maximum atomic E-state index is 12.1. The number of halogens is 2. The molecule has 7 heteroatoms. The van der Waals surface area contributed by atoms with Crippen LogP contribution in [0.15, 0.2) is 12.1 Å². The lowest BCUT2D eigenvalue weighted by molar-refractivity contribution is -0.126. The molecule has 1 aromatic carbocycles. The average Bonchev–Trinajstić information content (AvgIpc) is 2.87. The van der Waals surface area contributed by atoms with Crippen molar-refractivity contribution in [3.8, 4) is 0 Å². The molecule has 1 atom stereocenters. The van der Waals surface area contributed by atoms with Crippen LogP contribution in [-0.4, -0.2) is 39.0 Å². The number of benzene rings is 1. The molecule has 0 aliphatic carbocycles. The second kappa shape index (κ2) is 5.55. The summed E-state index contributed by atoms with van der Waals surface area (Å²) in [6.45, 7) is 7.22. The number of nitrogens with one attached hydrogen (secondary N) is 1. The molecule has 24 heavy (non-hydrogen) atoms. The summed E-state index contributed by atoms with van der Waals surface area (Å²) in [5.74, 6) is 0. The Hall–Kier alpha value is -1.43. The Morgan fingerprint density at radius 2 is 1.88 bits per heavy atom. The first-order chi connectivity index (χ1) is 11.1. The van der Waals surface area contributed by atoms with Crippen LogP contribution < -0.4 is 0 Å². The fourth-order valence-corrected chi connectivity index (χ4v) is 3.61. The molecule has 2 heterocycles. The number of cyclic esters (lactones) is 1. The summed E-state index contributed by atoms with van der Waals surface area (Å²) < 4.78 is 5.29. The van der Waals surface area contributed by atoms with Crippen molar-refractivity contribution in [1.29, 1.82) is 0 Å². The molecule has 5 nitrogen and oxygen atoms in total. The van der Waals surface area contributed by atoms with Crippen molar-refractivity contribution in [3.63, 3.8) is 0 Å². The van der Waals surface area contributed by atoms with E-state index in [9.17, 15) is 9.90 Å². The van der Waals surface area contributed by atoms with Crippen LogP contribution >= 0.6 is 23.2 Å². The van der Waals surface area contributed by atoms with E-state index >= 15 is 0 Å². The molecule has 2 N–H and O–H groups in total. The van der Waals surface area contributed by atoms with Crippen molar-refractivity contribution >= 4 is 40.2 Å². The molecule has 1 saturated heterocycles. The smallest absolute Gasteiger partial charge is 0.412 e. The number of nitrogens with zero attached hydrogens (tertiary/aromatic N) is 1. The number of rotatable bonds is 3. The van der Waals surface area contributed by atoms with Gasteiger partial charge in [0.25, 0.3) is 0 Å². The lowest BCUT2D eigenvalue weighted by Gasteiger charge is -2.34. The van der Waals surface area contributed by atoms with Crippen LogP contribution in [0, 0.1) is 6.92 Å². The zero-order valence-corrected chi connectivity index (χ0v) is 15.5. The van der Waals surface area contributed by atoms with E-state index in [0.717, 1.165) is 22.2 Å². The number of hydrogen-bond acceptors (Lipinski definition) is 3. The van der Waals surface area contributed by atoms with Crippen LogP contribution in [0.5, 0.6) is 0 Å². The van der Waals surface area contributed by atoms with Gasteiger partial charge in [-0.1, -0.05) is 23.2 Å². The monoisotopic (exact) mass is 370 g/mol. The van der Waals surface area contributed by atoms with Gasteiger partial charge in [0.2, 0.25) is 0 Å². The van der Waals surface area contributed by atoms with Crippen molar-refractivity contribution in [2.75, 3.05) is 6.54 Å². The van der Waals surface area contributed by atoms with E-state index in [2.05, 4.69) is 4.98 Å². The molecule has 0 saturated carbocycles. The highest BCUT2D eigenvalue weighted by Gasteiger charge is 2.56. The number of carbonyl (C=O) groups is 1. The largest absolute Gasteiger partial charge is 0.438 e. The molecule has 1 aliphatic rings. The lowest BCUT2D eigenvalue weighted by atomic mass is 9.95. The summed E-state index contributed by atoms with van der Waals surface area (Å²) in [5.41, 5.74) is 0.344. The van der Waals surface area contributed by atoms with Crippen LogP contribution in [0.25, 0.3) is 10.9 Å². The minimum Gasteiger partial charge on any atom is -0.438 e. The van der Waals surface area contributed by atoms with Gasteiger partial charge in [0.1, 0.15) is 0 Å². The Kier molecular flexibility index (Phi) is 4.02. The maximum absolute atomic E-state index is 12.1. The zero-order chi connectivity index (χ0) is 17.9. The van der Waals surface area contributed by atoms with E-state index < -0.39 is 17.4 Å². The number of aromatic amines is 1. The average molecular weight is 371 g/mol. The Morgan fingerprint density at radius 3 is 2.46 bits per heavy atom. The van der Waals surface area contributed by atoms with Crippen LogP contribution in [0.2, 0.25) is 10.0 Å². The van der Waals surface area contributed by atoms with E-state index in [4.69, 9.17) is 27.9 Å². The topological polar surface area (TPSA) is 65.6 Å². The van der Waals surface area contributed by atoms with Crippen molar-refractivity contribution in [1.82, 2.24) is 9.88 Å². The number of aryl methyl sites for hydroxylation is 1. The van der Waals surface area contributed by atoms with Gasteiger partial charge in [-0.05, 0) is 51.8 Å². The zero-order valence-electron chi connectivity index (χ0n) is 14.0. The highest BCUT2D eigenvalue weighted by atomic mass is 35.5. The van der Waals surface area contributed by atoms with E-state index in [0.29, 0.717) is 23.0 Å². The minimum atomic E-state index is -1.38. The number of ether oxygens (including phenoxy) is 1. The van der Waals surface area contributed by atoms with Gasteiger partial charge >= 0.3 is 6.09 Å². The number of carbonyl (C=O) groups excluding carboxylic acids is 1. The van der Waals surface area contributed by atoms with Gasteiger partial charge in [-0.2, -0.15) is 0 Å². The summed E-state index contributed by atoms with van der Waals surface area (Å²) >= 11 is 12.6. The van der Waals surface area contributed by atoms with Gasteiger partial charge < -0.3 is 14.8 Å². The highest BCUT2D eigenvalue weighted by Crippen LogP contribution is 2.38. The molecule has 1 aromatic heterocycles. The third-order valence-corrected chi connectivity index (χ3v) is 5.61. The van der Waals surface area contributed by atoms with E-state index in [1.165, 1.54) is 4.90 Å². The molecule has 2 aromatic rings. The molecule has 1 aliphatic heterocycles. The number of fused-ring (bicyclic) bond motifs is 1. The van der Waals surface area contributed by atoms with Crippen LogP contribution in [0.1, 0.15) is 32.0 Å². The van der Waals surface area contributed by atoms with Crippen LogP contribution in [0.3, 0.4) is 0 Å². The molecular weight excluding hydrogens is 351 g/mol. The Labute approximate surface area is 150 Å². The van der Waals surface area contributed by atoms with Gasteiger partial charge in [0.15, 0.2) is 11.3 Å². The van der Waals surface area contributed by atoms with E-state index in [1.807, 2.05) is 6.92 Å². The summed E-state index contributed by atoms with van der Waals surface area (Å²) in [6.07, 6.45) is -0.000588. The summed E-state index contributed by atoms with van der Waals surface area (Å²) in [7, 11) is 0. The summed E-state index contributed by atoms with van der Waals surface area (Å²) in [5, 5.41) is 12.7. The van der Waals surface area contributed by atoms with Crippen LogP contribution in [0.4, 0.5) is 4.79 Å². The fraction of sp³-hybridized carbons (Fsp3) is 0.471. The minimum absolute atomic E-state index is 0.311. The first kappa shape index (κ1) is 17.4. The first-order valence-electron chi connectivity index (χ1n) is 7.74.